The van der Waals surface area contributed by atoms with Crippen molar-refractivity contribution >= 4 is 23.9 Å². The lowest BCUT2D eigenvalue weighted by molar-refractivity contribution is -0.151. The first kappa shape index (κ1) is 24.8. The Kier molecular flexibility index (Phi) is 7.88. The Morgan fingerprint density at radius 3 is 1.97 bits per heavy atom. The number of amides is 2. The highest BCUT2D eigenvalue weighted by atomic mass is 16.6. The maximum atomic E-state index is 12.7. The highest BCUT2D eigenvalue weighted by molar-refractivity contribution is 6.05. The van der Waals surface area contributed by atoms with Crippen molar-refractivity contribution in [3.63, 3.8) is 0 Å². The number of aliphatic carboxylic acids is 1. The molecule has 0 fully saturated rings. The lowest BCUT2D eigenvalue weighted by atomic mass is 9.98. The van der Waals surface area contributed by atoms with Gasteiger partial charge in [-0.3, -0.25) is 10.1 Å². The zero-order chi connectivity index (χ0) is 24.8. The van der Waals surface area contributed by atoms with Gasteiger partial charge in [0, 0.05) is 5.92 Å². The number of carbonyl (C=O) groups is 4. The van der Waals surface area contributed by atoms with Gasteiger partial charge in [0.05, 0.1) is 6.61 Å². The van der Waals surface area contributed by atoms with Crippen LogP contribution in [0.15, 0.2) is 48.5 Å². The number of carboxylic acid groups (broad SMARTS) is 1. The van der Waals surface area contributed by atoms with Crippen LogP contribution in [0.4, 0.5) is 4.79 Å². The second kappa shape index (κ2) is 10.8. The minimum Gasteiger partial charge on any atom is -0.480 e. The van der Waals surface area contributed by atoms with Crippen LogP contribution in [0.5, 0.6) is 0 Å². The van der Waals surface area contributed by atoms with Crippen LogP contribution in [0, 0.1) is 5.92 Å². The van der Waals surface area contributed by atoms with E-state index >= 15 is 0 Å². The molecule has 0 aromatic heterocycles. The van der Waals surface area contributed by atoms with Gasteiger partial charge in [-0.2, -0.15) is 0 Å². The van der Waals surface area contributed by atoms with Crippen molar-refractivity contribution < 1.29 is 33.8 Å². The number of hydrogen-bond donors (Lipinski definition) is 3. The Hall–Kier alpha value is -3.88. The van der Waals surface area contributed by atoms with Crippen LogP contribution in [0.2, 0.25) is 0 Å². The van der Waals surface area contributed by atoms with E-state index in [4.69, 9.17) is 9.47 Å². The monoisotopic (exact) mass is 468 g/mol. The number of alkyl carbamates (subject to hydrolysis) is 1. The molecule has 34 heavy (non-hydrogen) atoms. The summed E-state index contributed by atoms with van der Waals surface area (Å²) in [6.45, 7) is 4.73. The molecule has 2 aromatic carbocycles. The first-order valence-corrected chi connectivity index (χ1v) is 11.1. The third kappa shape index (κ3) is 5.36. The highest BCUT2D eigenvalue weighted by Crippen LogP contribution is 2.44. The van der Waals surface area contributed by atoms with Gasteiger partial charge < -0.3 is 19.9 Å². The molecule has 2 unspecified atom stereocenters. The molecular formula is C25H28N2O7. The lowest BCUT2D eigenvalue weighted by Gasteiger charge is -2.22. The smallest absolute Gasteiger partial charge is 0.408 e. The van der Waals surface area contributed by atoms with Crippen LogP contribution in [0.25, 0.3) is 11.1 Å². The van der Waals surface area contributed by atoms with Gasteiger partial charge >= 0.3 is 18.0 Å². The van der Waals surface area contributed by atoms with Crippen molar-refractivity contribution in [3.8, 4) is 11.1 Å². The standard InChI is InChI=1S/C25H28N2O7/c1-4-33-24(31)21(22(28)26-20(14(2)3)23(29)30)27-25(32)34-13-19-17-11-7-5-9-15(17)16-10-6-8-12-18(16)19/h5-12,14,19-21H,4,13H2,1-3H3,(H,26,28)(H,27,32)(H,29,30). The molecule has 2 atom stereocenters. The molecule has 9 nitrogen and oxygen atoms in total. The zero-order valence-corrected chi connectivity index (χ0v) is 19.2. The van der Waals surface area contributed by atoms with E-state index in [1.54, 1.807) is 20.8 Å². The summed E-state index contributed by atoms with van der Waals surface area (Å²) in [5.74, 6) is -3.91. The minimum absolute atomic E-state index is 0.0131. The van der Waals surface area contributed by atoms with Crippen LogP contribution in [0.3, 0.4) is 0 Å². The second-order valence-electron chi connectivity index (χ2n) is 8.22. The van der Waals surface area contributed by atoms with Gasteiger partial charge in [-0.1, -0.05) is 62.4 Å². The molecular weight excluding hydrogens is 440 g/mol. The van der Waals surface area contributed by atoms with E-state index in [-0.39, 0.29) is 19.1 Å². The van der Waals surface area contributed by atoms with Crippen LogP contribution >= 0.6 is 0 Å². The molecule has 0 saturated carbocycles. The summed E-state index contributed by atoms with van der Waals surface area (Å²) in [4.78, 5) is 49.0. The molecule has 0 saturated heterocycles. The number of carboxylic acids is 1. The topological polar surface area (TPSA) is 131 Å². The van der Waals surface area contributed by atoms with Crippen molar-refractivity contribution in [2.45, 2.75) is 38.8 Å². The first-order valence-electron chi connectivity index (χ1n) is 11.1. The Morgan fingerprint density at radius 2 is 1.47 bits per heavy atom. The third-order valence-electron chi connectivity index (χ3n) is 5.62. The van der Waals surface area contributed by atoms with E-state index < -0.39 is 41.9 Å². The Morgan fingerprint density at radius 1 is 0.912 bits per heavy atom. The molecule has 0 spiro atoms. The number of hydrogen-bond acceptors (Lipinski definition) is 6. The van der Waals surface area contributed by atoms with E-state index in [1.165, 1.54) is 0 Å². The van der Waals surface area contributed by atoms with Gasteiger partial charge in [0.1, 0.15) is 12.6 Å². The number of ether oxygens (including phenoxy) is 2. The van der Waals surface area contributed by atoms with Gasteiger partial charge in [-0.05, 0) is 35.1 Å². The fourth-order valence-corrected chi connectivity index (χ4v) is 3.97. The maximum absolute atomic E-state index is 12.7. The normalized spacial score (nSPS) is 13.9. The molecule has 3 rings (SSSR count). The summed E-state index contributed by atoms with van der Waals surface area (Å²) in [5, 5.41) is 13.8. The average Bonchev–Trinajstić information content (AvgIpc) is 3.13. The first-order chi connectivity index (χ1) is 16.2. The van der Waals surface area contributed by atoms with Crippen LogP contribution in [0.1, 0.15) is 37.8 Å². The van der Waals surface area contributed by atoms with Gasteiger partial charge in [0.2, 0.25) is 6.04 Å². The van der Waals surface area contributed by atoms with Gasteiger partial charge in [-0.25, -0.2) is 14.4 Å². The largest absolute Gasteiger partial charge is 0.480 e. The van der Waals surface area contributed by atoms with E-state index in [2.05, 4.69) is 10.6 Å². The molecule has 0 heterocycles. The number of carbonyl (C=O) groups excluding carboxylic acids is 3. The predicted octanol–water partition coefficient (Wildman–Crippen LogP) is 2.68. The number of esters is 1. The summed E-state index contributed by atoms with van der Waals surface area (Å²) in [6, 6.07) is 12.6. The summed E-state index contributed by atoms with van der Waals surface area (Å²) in [7, 11) is 0. The van der Waals surface area contributed by atoms with Gasteiger partial charge in [0.15, 0.2) is 0 Å². The molecule has 2 amide bonds. The molecule has 3 N–H and O–H groups in total. The number of benzene rings is 2. The van der Waals surface area contributed by atoms with Crippen LogP contribution in [-0.4, -0.2) is 54.3 Å². The maximum Gasteiger partial charge on any atom is 0.408 e. The predicted molar refractivity (Wildman–Crippen MR) is 123 cm³/mol. The lowest BCUT2D eigenvalue weighted by Crippen LogP contribution is -2.56. The molecule has 180 valence electrons. The van der Waals surface area contributed by atoms with Crippen molar-refractivity contribution in [1.29, 1.82) is 0 Å². The highest BCUT2D eigenvalue weighted by Gasteiger charge is 2.35. The summed E-state index contributed by atoms with van der Waals surface area (Å²) < 4.78 is 10.3. The van der Waals surface area contributed by atoms with Crippen molar-refractivity contribution in [2.24, 2.45) is 5.92 Å². The Labute approximate surface area is 197 Å². The van der Waals surface area contributed by atoms with E-state index in [0.29, 0.717) is 0 Å². The van der Waals surface area contributed by atoms with Gasteiger partial charge in [0.25, 0.3) is 5.91 Å². The summed E-state index contributed by atoms with van der Waals surface area (Å²) in [6.07, 6.45) is -0.994. The Balaban J connectivity index is 1.71. The zero-order valence-electron chi connectivity index (χ0n) is 19.2. The van der Waals surface area contributed by atoms with Crippen LogP contribution in [-0.2, 0) is 23.9 Å². The summed E-state index contributed by atoms with van der Waals surface area (Å²) >= 11 is 0. The molecule has 1 aliphatic carbocycles. The fourth-order valence-electron chi connectivity index (χ4n) is 3.97. The molecule has 9 heteroatoms. The van der Waals surface area contributed by atoms with Crippen molar-refractivity contribution in [2.75, 3.05) is 13.2 Å². The molecule has 2 aromatic rings. The number of rotatable bonds is 9. The van der Waals surface area contributed by atoms with Crippen molar-refractivity contribution in [3.05, 3.63) is 59.7 Å². The van der Waals surface area contributed by atoms with E-state index in [0.717, 1.165) is 22.3 Å². The minimum atomic E-state index is -1.75. The van der Waals surface area contributed by atoms with Crippen molar-refractivity contribution in [1.82, 2.24) is 10.6 Å². The molecule has 0 bridgehead atoms. The number of nitrogens with one attached hydrogen (secondary N) is 2. The van der Waals surface area contributed by atoms with E-state index in [1.807, 2.05) is 48.5 Å². The molecule has 1 aliphatic rings. The second-order valence-corrected chi connectivity index (χ2v) is 8.22. The molecule has 0 radical (unpaired) electrons. The Bertz CT molecular complexity index is 1040. The molecule has 0 aliphatic heterocycles. The number of fused-ring (bicyclic) bond motifs is 3. The third-order valence-corrected chi connectivity index (χ3v) is 5.62. The van der Waals surface area contributed by atoms with Crippen LogP contribution < -0.4 is 10.6 Å². The average molecular weight is 469 g/mol. The summed E-state index contributed by atoms with van der Waals surface area (Å²) in [5.41, 5.74) is 4.14. The SMILES string of the molecule is CCOC(=O)C(NC(=O)OCC1c2ccccc2-c2ccccc21)C(=O)NC(C(=O)O)C(C)C. The van der Waals surface area contributed by atoms with Gasteiger partial charge in [-0.15, -0.1) is 0 Å². The fraction of sp³-hybridized carbons (Fsp3) is 0.360. The van der Waals surface area contributed by atoms with E-state index in [9.17, 15) is 24.3 Å². The quantitative estimate of drug-likeness (QED) is 0.381.